The van der Waals surface area contributed by atoms with E-state index < -0.39 is 11.2 Å². The molecule has 0 radical (unpaired) electrons. The molecule has 1 N–H and O–H groups in total. The zero-order chi connectivity index (χ0) is 16.0. The van der Waals surface area contributed by atoms with Crippen LogP contribution in [0.5, 0.6) is 0 Å². The number of nitrogens with one attached hydrogen (secondary N) is 1. The fourth-order valence-electron chi connectivity index (χ4n) is 2.61. The van der Waals surface area contributed by atoms with Gasteiger partial charge in [-0.3, -0.25) is 14.3 Å². The zero-order valence-corrected chi connectivity index (χ0v) is 11.9. The first-order chi connectivity index (χ1) is 11.1. The van der Waals surface area contributed by atoms with Crippen LogP contribution in [0.3, 0.4) is 0 Å². The van der Waals surface area contributed by atoms with Gasteiger partial charge in [-0.25, -0.2) is 13.7 Å². The van der Waals surface area contributed by atoms with Crippen molar-refractivity contribution in [2.24, 2.45) is 0 Å². The lowest BCUT2D eigenvalue weighted by molar-refractivity contribution is 0.625. The minimum atomic E-state index is -0.546. The molecule has 0 spiro atoms. The van der Waals surface area contributed by atoms with E-state index in [0.29, 0.717) is 16.5 Å². The molecule has 0 atom stereocenters. The van der Waals surface area contributed by atoms with Crippen LogP contribution in [0, 0.1) is 5.82 Å². The van der Waals surface area contributed by atoms with Gasteiger partial charge in [0, 0.05) is 6.20 Å². The number of halogens is 1. The summed E-state index contributed by atoms with van der Waals surface area (Å²) in [7, 11) is 0. The van der Waals surface area contributed by atoms with Crippen LogP contribution in [0.4, 0.5) is 4.39 Å². The highest BCUT2D eigenvalue weighted by Crippen LogP contribution is 2.12. The lowest BCUT2D eigenvalue weighted by Crippen LogP contribution is -2.35. The van der Waals surface area contributed by atoms with Crippen molar-refractivity contribution in [2.45, 2.75) is 6.54 Å². The largest absolute Gasteiger partial charge is 0.330 e. The third-order valence-electron chi connectivity index (χ3n) is 3.72. The molecule has 0 unspecified atom stereocenters. The van der Waals surface area contributed by atoms with Gasteiger partial charge in [-0.05, 0) is 29.8 Å². The van der Waals surface area contributed by atoms with Crippen molar-refractivity contribution in [3.8, 4) is 0 Å². The second kappa shape index (κ2) is 4.91. The predicted molar refractivity (Wildman–Crippen MR) is 83.1 cm³/mol. The Morgan fingerprint density at radius 1 is 1.09 bits per heavy atom. The second-order valence-corrected chi connectivity index (χ2v) is 5.20. The van der Waals surface area contributed by atoms with Crippen molar-refractivity contribution in [2.75, 3.05) is 0 Å². The smallest absolute Gasteiger partial charge is 0.290 e. The molecule has 0 aliphatic carbocycles. The van der Waals surface area contributed by atoms with E-state index in [4.69, 9.17) is 0 Å². The van der Waals surface area contributed by atoms with Crippen molar-refractivity contribution in [1.29, 1.82) is 0 Å². The van der Waals surface area contributed by atoms with Crippen molar-refractivity contribution >= 4 is 16.6 Å². The summed E-state index contributed by atoms with van der Waals surface area (Å²) in [4.78, 5) is 27.5. The lowest BCUT2D eigenvalue weighted by Gasteiger charge is -2.04. The summed E-state index contributed by atoms with van der Waals surface area (Å²) in [5, 5.41) is 4.55. The Kier molecular flexibility index (Phi) is 2.87. The monoisotopic (exact) mass is 310 g/mol. The van der Waals surface area contributed by atoms with E-state index in [-0.39, 0.29) is 18.0 Å². The number of aromatic nitrogens is 4. The van der Waals surface area contributed by atoms with Crippen molar-refractivity contribution < 1.29 is 4.39 Å². The van der Waals surface area contributed by atoms with E-state index in [1.165, 1.54) is 12.1 Å². The summed E-state index contributed by atoms with van der Waals surface area (Å²) in [6.45, 7) is 0.0640. The minimum Gasteiger partial charge on any atom is -0.290 e. The van der Waals surface area contributed by atoms with Crippen molar-refractivity contribution in [3.63, 3.8) is 0 Å². The lowest BCUT2D eigenvalue weighted by atomic mass is 10.2. The van der Waals surface area contributed by atoms with Gasteiger partial charge in [0.15, 0.2) is 5.65 Å². The summed E-state index contributed by atoms with van der Waals surface area (Å²) in [5.74, 6) is -0.368. The maximum atomic E-state index is 13.0. The summed E-state index contributed by atoms with van der Waals surface area (Å²) in [5.41, 5.74) is 0.567. The molecule has 4 rings (SSSR count). The van der Waals surface area contributed by atoms with Crippen LogP contribution in [0.15, 0.2) is 58.3 Å². The molecule has 0 bridgehead atoms. The minimum absolute atomic E-state index is 0.0640. The zero-order valence-electron chi connectivity index (χ0n) is 11.9. The van der Waals surface area contributed by atoms with Crippen LogP contribution in [0.2, 0.25) is 0 Å². The van der Waals surface area contributed by atoms with Gasteiger partial charge in [0.25, 0.3) is 5.56 Å². The third-order valence-corrected chi connectivity index (χ3v) is 3.72. The van der Waals surface area contributed by atoms with Crippen molar-refractivity contribution in [1.82, 2.24) is 19.2 Å². The van der Waals surface area contributed by atoms with E-state index in [1.807, 2.05) is 0 Å². The molecule has 114 valence electrons. The van der Waals surface area contributed by atoms with Gasteiger partial charge < -0.3 is 0 Å². The van der Waals surface area contributed by atoms with E-state index in [0.717, 1.165) is 4.57 Å². The number of rotatable bonds is 2. The first kappa shape index (κ1) is 13.4. The molecular formula is C16H11FN4O2. The Balaban J connectivity index is 1.96. The summed E-state index contributed by atoms with van der Waals surface area (Å²) >= 11 is 0. The van der Waals surface area contributed by atoms with Crippen LogP contribution in [-0.4, -0.2) is 19.2 Å². The second-order valence-electron chi connectivity index (χ2n) is 5.20. The molecule has 0 aliphatic rings. The third kappa shape index (κ3) is 2.13. The quantitative estimate of drug-likeness (QED) is 0.610. The topological polar surface area (TPSA) is 72.2 Å². The molecule has 23 heavy (non-hydrogen) atoms. The van der Waals surface area contributed by atoms with Gasteiger partial charge in [0.05, 0.1) is 12.1 Å². The Hall–Kier alpha value is -3.22. The number of nitrogens with zero attached hydrogens (tertiary/aromatic N) is 3. The number of hydrogen-bond donors (Lipinski definition) is 1. The molecule has 0 fully saturated rings. The van der Waals surface area contributed by atoms with E-state index >= 15 is 0 Å². The number of pyridine rings is 1. The molecule has 4 aromatic rings. The summed E-state index contributed by atoms with van der Waals surface area (Å²) < 4.78 is 15.6. The number of H-pyrrole nitrogens is 1. The molecule has 6 nitrogen and oxygen atoms in total. The molecule has 3 heterocycles. The van der Waals surface area contributed by atoms with Gasteiger partial charge in [-0.1, -0.05) is 18.2 Å². The van der Waals surface area contributed by atoms with Crippen LogP contribution in [0.1, 0.15) is 5.56 Å². The van der Waals surface area contributed by atoms with E-state index in [2.05, 4.69) is 10.1 Å². The molecule has 1 aromatic carbocycles. The average Bonchev–Trinajstić information content (AvgIpc) is 2.91. The Bertz CT molecular complexity index is 1140. The Morgan fingerprint density at radius 2 is 1.87 bits per heavy atom. The van der Waals surface area contributed by atoms with Gasteiger partial charge in [-0.15, -0.1) is 5.10 Å². The molecule has 0 saturated carbocycles. The molecule has 3 aromatic heterocycles. The highest BCUT2D eigenvalue weighted by Gasteiger charge is 2.14. The SMILES string of the molecule is O=c1[nH]c2nn3ccccc3c2c(=O)n1Cc1ccc(F)cc1. The predicted octanol–water partition coefficient (Wildman–Crippen LogP) is 1.52. The average molecular weight is 310 g/mol. The molecule has 0 aliphatic heterocycles. The van der Waals surface area contributed by atoms with Crippen LogP contribution in [0.25, 0.3) is 16.6 Å². The van der Waals surface area contributed by atoms with Gasteiger partial charge in [0.2, 0.25) is 0 Å². The fraction of sp³-hybridized carbons (Fsp3) is 0.0625. The Labute approximate surface area is 128 Å². The summed E-state index contributed by atoms with van der Waals surface area (Å²) in [6.07, 6.45) is 1.71. The first-order valence-electron chi connectivity index (χ1n) is 6.98. The first-order valence-corrected chi connectivity index (χ1v) is 6.98. The number of hydrogen-bond acceptors (Lipinski definition) is 3. The molecular weight excluding hydrogens is 299 g/mol. The van der Waals surface area contributed by atoms with Crippen LogP contribution < -0.4 is 11.2 Å². The standard InChI is InChI=1S/C16H11FN4O2/c17-11-6-4-10(5-7-11)9-20-15(22)13-12-3-1-2-8-21(12)19-14(13)18-16(20)23/h1-8H,9H2,(H,18,19,23). The van der Waals surface area contributed by atoms with Crippen molar-refractivity contribution in [3.05, 3.63) is 80.9 Å². The van der Waals surface area contributed by atoms with Gasteiger partial charge in [0.1, 0.15) is 11.2 Å². The van der Waals surface area contributed by atoms with Crippen LogP contribution in [-0.2, 0) is 6.54 Å². The van der Waals surface area contributed by atoms with E-state index in [1.54, 1.807) is 41.0 Å². The Morgan fingerprint density at radius 3 is 2.65 bits per heavy atom. The number of benzene rings is 1. The molecule has 7 heteroatoms. The highest BCUT2D eigenvalue weighted by molar-refractivity contribution is 5.90. The fourth-order valence-corrected chi connectivity index (χ4v) is 2.61. The maximum absolute atomic E-state index is 13.0. The maximum Gasteiger partial charge on any atom is 0.330 e. The number of fused-ring (bicyclic) bond motifs is 3. The highest BCUT2D eigenvalue weighted by atomic mass is 19.1. The van der Waals surface area contributed by atoms with E-state index in [9.17, 15) is 14.0 Å². The van der Waals surface area contributed by atoms with Gasteiger partial charge >= 0.3 is 5.69 Å². The number of aromatic amines is 1. The van der Waals surface area contributed by atoms with Gasteiger partial charge in [-0.2, -0.15) is 0 Å². The summed E-state index contributed by atoms with van der Waals surface area (Å²) in [6, 6.07) is 11.0. The normalized spacial score (nSPS) is 11.3. The molecule has 0 amide bonds. The van der Waals surface area contributed by atoms with Crippen LogP contribution >= 0.6 is 0 Å². The molecule has 0 saturated heterocycles.